The minimum absolute atomic E-state index is 0.358. The van der Waals surface area contributed by atoms with Gasteiger partial charge in [0.15, 0.2) is 0 Å². The van der Waals surface area contributed by atoms with Crippen molar-refractivity contribution in [3.8, 4) is 0 Å². The highest BCUT2D eigenvalue weighted by Gasteiger charge is 2.07. The summed E-state index contributed by atoms with van der Waals surface area (Å²) in [6.07, 6.45) is 2.69. The molecule has 2 heterocycles. The van der Waals surface area contributed by atoms with Crippen LogP contribution in [0.5, 0.6) is 0 Å². The van der Waals surface area contributed by atoms with Crippen LogP contribution in [0.4, 0.5) is 0 Å². The molecule has 2 nitrogen and oxygen atoms in total. The fourth-order valence-corrected chi connectivity index (χ4v) is 2.44. The molecule has 0 saturated carbocycles. The number of rotatable bonds is 4. The average Bonchev–Trinajstić information content (AvgIpc) is 2.74. The van der Waals surface area contributed by atoms with Crippen molar-refractivity contribution in [2.24, 2.45) is 0 Å². The van der Waals surface area contributed by atoms with Crippen molar-refractivity contribution in [3.05, 3.63) is 50.9 Å². The molecule has 0 fully saturated rings. The molecule has 84 valence electrons. The molecule has 1 unspecified atom stereocenters. The molecule has 2 aromatic heterocycles. The number of aromatic nitrogens is 1. The summed E-state index contributed by atoms with van der Waals surface area (Å²) in [6.45, 7) is 0. The summed E-state index contributed by atoms with van der Waals surface area (Å²) >= 11 is 4.99. The van der Waals surface area contributed by atoms with E-state index in [4.69, 9.17) is 0 Å². The second kappa shape index (κ2) is 5.57. The lowest BCUT2D eigenvalue weighted by Crippen LogP contribution is -2.14. The third kappa shape index (κ3) is 3.40. The maximum absolute atomic E-state index is 9.90. The van der Waals surface area contributed by atoms with Gasteiger partial charge in [-0.3, -0.25) is 4.98 Å². The Morgan fingerprint density at radius 2 is 2.19 bits per heavy atom. The predicted molar refractivity (Wildman–Crippen MR) is 69.7 cm³/mol. The van der Waals surface area contributed by atoms with E-state index >= 15 is 0 Å². The Kier molecular flexibility index (Phi) is 4.09. The van der Waals surface area contributed by atoms with E-state index < -0.39 is 0 Å². The van der Waals surface area contributed by atoms with Gasteiger partial charge in [-0.25, -0.2) is 0 Å². The van der Waals surface area contributed by atoms with Crippen molar-refractivity contribution >= 4 is 27.3 Å². The number of thiophene rings is 1. The van der Waals surface area contributed by atoms with Crippen LogP contribution in [-0.2, 0) is 12.8 Å². The minimum Gasteiger partial charge on any atom is -0.392 e. The lowest BCUT2D eigenvalue weighted by molar-refractivity contribution is 0.174. The van der Waals surface area contributed by atoms with Gasteiger partial charge in [-0.2, -0.15) is 11.3 Å². The summed E-state index contributed by atoms with van der Waals surface area (Å²) in [5.41, 5.74) is 2.11. The summed E-state index contributed by atoms with van der Waals surface area (Å²) in [5, 5.41) is 14.0. The van der Waals surface area contributed by atoms with Gasteiger partial charge in [-0.05, 0) is 56.9 Å². The highest BCUT2D eigenvalue weighted by Crippen LogP contribution is 2.12. The molecule has 0 amide bonds. The molecule has 4 heteroatoms. The number of pyridine rings is 1. The Morgan fingerprint density at radius 3 is 2.81 bits per heavy atom. The van der Waals surface area contributed by atoms with Gasteiger partial charge in [-0.15, -0.1) is 0 Å². The Morgan fingerprint density at radius 1 is 1.31 bits per heavy atom. The molecule has 2 rings (SSSR count). The largest absolute Gasteiger partial charge is 0.392 e. The Bertz CT molecular complexity index is 427. The zero-order valence-electron chi connectivity index (χ0n) is 8.64. The molecule has 0 aromatic carbocycles. The lowest BCUT2D eigenvalue weighted by atomic mass is 10.1. The lowest BCUT2D eigenvalue weighted by Gasteiger charge is -2.08. The Balaban J connectivity index is 1.92. The van der Waals surface area contributed by atoms with Crippen molar-refractivity contribution < 1.29 is 5.11 Å². The SMILES string of the molecule is OC(Cc1ccsc1)Cc1ccc(Br)cn1. The van der Waals surface area contributed by atoms with Gasteiger partial charge in [-0.1, -0.05) is 0 Å². The Hall–Kier alpha value is -0.710. The van der Waals surface area contributed by atoms with Crippen LogP contribution < -0.4 is 0 Å². The van der Waals surface area contributed by atoms with Crippen LogP contribution in [0.15, 0.2) is 39.6 Å². The van der Waals surface area contributed by atoms with Crippen molar-refractivity contribution in [1.82, 2.24) is 4.98 Å². The highest BCUT2D eigenvalue weighted by atomic mass is 79.9. The van der Waals surface area contributed by atoms with Gasteiger partial charge in [0, 0.05) is 22.8 Å². The number of hydrogen-bond acceptors (Lipinski definition) is 3. The van der Waals surface area contributed by atoms with E-state index in [2.05, 4.69) is 26.3 Å². The molecular formula is C12H12BrNOS. The highest BCUT2D eigenvalue weighted by molar-refractivity contribution is 9.10. The first-order valence-electron chi connectivity index (χ1n) is 5.03. The monoisotopic (exact) mass is 297 g/mol. The molecule has 0 aliphatic carbocycles. The fraction of sp³-hybridized carbons (Fsp3) is 0.250. The normalized spacial score (nSPS) is 12.6. The van der Waals surface area contributed by atoms with Gasteiger partial charge in [0.25, 0.3) is 0 Å². The van der Waals surface area contributed by atoms with Gasteiger partial charge in [0.2, 0.25) is 0 Å². The third-order valence-electron chi connectivity index (χ3n) is 2.28. The number of aliphatic hydroxyl groups is 1. The van der Waals surface area contributed by atoms with E-state index in [-0.39, 0.29) is 6.10 Å². The van der Waals surface area contributed by atoms with Gasteiger partial charge in [0.05, 0.1) is 6.10 Å². The summed E-state index contributed by atoms with van der Waals surface area (Å²) in [5.74, 6) is 0. The molecule has 16 heavy (non-hydrogen) atoms. The van der Waals surface area contributed by atoms with Crippen molar-refractivity contribution in [3.63, 3.8) is 0 Å². The number of halogens is 1. The smallest absolute Gasteiger partial charge is 0.0636 e. The van der Waals surface area contributed by atoms with Crippen molar-refractivity contribution in [2.75, 3.05) is 0 Å². The minimum atomic E-state index is -0.358. The molecule has 0 spiro atoms. The first-order chi connectivity index (χ1) is 7.74. The average molecular weight is 298 g/mol. The van der Waals surface area contributed by atoms with Gasteiger partial charge < -0.3 is 5.11 Å². The second-order valence-corrected chi connectivity index (χ2v) is 5.36. The molecular weight excluding hydrogens is 286 g/mol. The first kappa shape index (κ1) is 11.8. The van der Waals surface area contributed by atoms with E-state index in [9.17, 15) is 5.11 Å². The summed E-state index contributed by atoms with van der Waals surface area (Å²) < 4.78 is 0.962. The van der Waals surface area contributed by atoms with E-state index in [0.29, 0.717) is 12.8 Å². The zero-order chi connectivity index (χ0) is 11.4. The maximum Gasteiger partial charge on any atom is 0.0636 e. The molecule has 0 aliphatic rings. The number of hydrogen-bond donors (Lipinski definition) is 1. The van der Waals surface area contributed by atoms with Gasteiger partial charge >= 0.3 is 0 Å². The van der Waals surface area contributed by atoms with E-state index in [1.165, 1.54) is 5.56 Å². The summed E-state index contributed by atoms with van der Waals surface area (Å²) in [7, 11) is 0. The van der Waals surface area contributed by atoms with E-state index in [1.807, 2.05) is 23.6 Å². The predicted octanol–water partition coefficient (Wildman–Crippen LogP) is 3.05. The summed E-state index contributed by atoms with van der Waals surface area (Å²) in [4.78, 5) is 4.24. The fourth-order valence-electron chi connectivity index (χ4n) is 1.52. The maximum atomic E-state index is 9.90. The van der Waals surface area contributed by atoms with E-state index in [0.717, 1.165) is 10.2 Å². The molecule has 0 radical (unpaired) electrons. The van der Waals surface area contributed by atoms with Crippen LogP contribution in [-0.4, -0.2) is 16.2 Å². The van der Waals surface area contributed by atoms with Crippen LogP contribution in [0.1, 0.15) is 11.3 Å². The molecule has 0 bridgehead atoms. The second-order valence-electron chi connectivity index (χ2n) is 3.66. The van der Waals surface area contributed by atoms with Crippen LogP contribution in [0.2, 0.25) is 0 Å². The third-order valence-corrected chi connectivity index (χ3v) is 3.49. The first-order valence-corrected chi connectivity index (χ1v) is 6.77. The number of aliphatic hydroxyl groups excluding tert-OH is 1. The topological polar surface area (TPSA) is 33.1 Å². The van der Waals surface area contributed by atoms with Crippen molar-refractivity contribution in [1.29, 1.82) is 0 Å². The molecule has 1 atom stereocenters. The quantitative estimate of drug-likeness (QED) is 0.941. The molecule has 2 aromatic rings. The zero-order valence-corrected chi connectivity index (χ0v) is 11.0. The number of nitrogens with zero attached hydrogens (tertiary/aromatic N) is 1. The Labute approximate surface area is 107 Å². The molecule has 0 saturated heterocycles. The van der Waals surface area contributed by atoms with Crippen LogP contribution >= 0.6 is 27.3 Å². The van der Waals surface area contributed by atoms with Crippen LogP contribution in [0.3, 0.4) is 0 Å². The molecule has 0 aliphatic heterocycles. The molecule has 1 N–H and O–H groups in total. The summed E-state index contributed by atoms with van der Waals surface area (Å²) in [6, 6.07) is 5.92. The van der Waals surface area contributed by atoms with Crippen LogP contribution in [0.25, 0.3) is 0 Å². The standard InChI is InChI=1S/C12H12BrNOS/c13-10-1-2-11(14-7-10)6-12(15)5-9-3-4-16-8-9/h1-4,7-8,12,15H,5-6H2. The van der Waals surface area contributed by atoms with Crippen LogP contribution in [0, 0.1) is 0 Å². The van der Waals surface area contributed by atoms with E-state index in [1.54, 1.807) is 17.5 Å². The van der Waals surface area contributed by atoms with Gasteiger partial charge in [0.1, 0.15) is 0 Å². The van der Waals surface area contributed by atoms with Crippen molar-refractivity contribution in [2.45, 2.75) is 18.9 Å².